The van der Waals surface area contributed by atoms with Crippen LogP contribution in [0.4, 0.5) is 4.39 Å². The van der Waals surface area contributed by atoms with Crippen LogP contribution in [-0.2, 0) is 11.3 Å². The van der Waals surface area contributed by atoms with Crippen LogP contribution in [0.3, 0.4) is 0 Å². The quantitative estimate of drug-likeness (QED) is 0.647. The van der Waals surface area contributed by atoms with Gasteiger partial charge >= 0.3 is 0 Å². The standard InChI is InChI=1S/C25H31FN2O3/c1-5-8-27-25(29)21-12-20(19-6-7-24(26)17(2)9-19)15-28(16-21)14-18-10-22(30-3)13-23(11-18)31-4/h5-7,9-11,13,20-21H,1,8,12,14-16H2,2-4H3,(H,27,29)/t20-,21+/m1/s1. The highest BCUT2D eigenvalue weighted by atomic mass is 19.1. The zero-order chi connectivity index (χ0) is 22.4. The number of nitrogens with one attached hydrogen (secondary N) is 1. The van der Waals surface area contributed by atoms with Crippen LogP contribution in [0.25, 0.3) is 0 Å². The van der Waals surface area contributed by atoms with Crippen LogP contribution in [-0.4, -0.2) is 44.7 Å². The van der Waals surface area contributed by atoms with Gasteiger partial charge in [0.05, 0.1) is 20.1 Å². The average molecular weight is 427 g/mol. The number of carbonyl (C=O) groups excluding carboxylic acids is 1. The molecule has 0 radical (unpaired) electrons. The van der Waals surface area contributed by atoms with Crippen molar-refractivity contribution in [2.75, 3.05) is 33.9 Å². The van der Waals surface area contributed by atoms with E-state index in [-0.39, 0.29) is 23.6 Å². The molecule has 31 heavy (non-hydrogen) atoms. The normalized spacial score (nSPS) is 19.0. The van der Waals surface area contributed by atoms with Gasteiger partial charge in [-0.3, -0.25) is 9.69 Å². The van der Waals surface area contributed by atoms with E-state index in [0.717, 1.165) is 35.6 Å². The van der Waals surface area contributed by atoms with Gasteiger partial charge in [-0.25, -0.2) is 4.39 Å². The molecule has 0 spiro atoms. The third-order valence-electron chi connectivity index (χ3n) is 5.79. The first-order valence-electron chi connectivity index (χ1n) is 10.5. The van der Waals surface area contributed by atoms with E-state index < -0.39 is 0 Å². The van der Waals surface area contributed by atoms with E-state index in [2.05, 4.69) is 16.8 Å². The maximum atomic E-state index is 13.8. The number of carbonyl (C=O) groups is 1. The molecule has 0 unspecified atom stereocenters. The zero-order valence-corrected chi connectivity index (χ0v) is 18.5. The molecule has 1 aliphatic rings. The lowest BCUT2D eigenvalue weighted by Gasteiger charge is -2.37. The highest BCUT2D eigenvalue weighted by Crippen LogP contribution is 2.33. The van der Waals surface area contributed by atoms with Gasteiger partial charge in [-0.05, 0) is 54.2 Å². The van der Waals surface area contributed by atoms with Gasteiger partial charge in [0.1, 0.15) is 17.3 Å². The number of amides is 1. The predicted octanol–water partition coefficient (Wildman–Crippen LogP) is 4.06. The Morgan fingerprint density at radius 1 is 1.19 bits per heavy atom. The molecule has 1 fully saturated rings. The number of methoxy groups -OCH3 is 2. The van der Waals surface area contributed by atoms with Gasteiger partial charge in [0, 0.05) is 32.2 Å². The van der Waals surface area contributed by atoms with Gasteiger partial charge < -0.3 is 14.8 Å². The molecule has 6 heteroatoms. The molecule has 2 aromatic rings. The summed E-state index contributed by atoms with van der Waals surface area (Å²) in [7, 11) is 3.26. The number of hydrogen-bond donors (Lipinski definition) is 1. The Morgan fingerprint density at radius 2 is 1.90 bits per heavy atom. The maximum Gasteiger partial charge on any atom is 0.224 e. The summed E-state index contributed by atoms with van der Waals surface area (Å²) in [5.41, 5.74) is 2.74. The van der Waals surface area contributed by atoms with E-state index in [1.807, 2.05) is 30.3 Å². The molecule has 0 aromatic heterocycles. The Hall–Kier alpha value is -2.86. The van der Waals surface area contributed by atoms with Crippen molar-refractivity contribution in [3.05, 3.63) is 71.6 Å². The average Bonchev–Trinajstić information content (AvgIpc) is 2.78. The lowest BCUT2D eigenvalue weighted by molar-refractivity contribution is -0.126. The SMILES string of the molecule is C=CCNC(=O)[C@H]1C[C@@H](c2ccc(F)c(C)c2)CN(Cc2cc(OC)cc(OC)c2)C1. The largest absolute Gasteiger partial charge is 0.497 e. The zero-order valence-electron chi connectivity index (χ0n) is 18.5. The van der Waals surface area contributed by atoms with Crippen LogP contribution in [0, 0.1) is 18.7 Å². The number of rotatable bonds is 8. The first kappa shape index (κ1) is 22.8. The van der Waals surface area contributed by atoms with E-state index >= 15 is 0 Å². The molecule has 2 atom stereocenters. The van der Waals surface area contributed by atoms with Gasteiger partial charge in [-0.2, -0.15) is 0 Å². The molecule has 1 N–H and O–H groups in total. The van der Waals surface area contributed by atoms with Crippen molar-refractivity contribution in [1.82, 2.24) is 10.2 Å². The highest BCUT2D eigenvalue weighted by molar-refractivity contribution is 5.79. The Bertz CT molecular complexity index is 909. The third kappa shape index (κ3) is 5.85. The van der Waals surface area contributed by atoms with Gasteiger partial charge in [0.15, 0.2) is 0 Å². The van der Waals surface area contributed by atoms with Gasteiger partial charge in [0.2, 0.25) is 5.91 Å². The summed E-state index contributed by atoms with van der Waals surface area (Å²) in [5, 5.41) is 2.93. The fourth-order valence-corrected chi connectivity index (χ4v) is 4.21. The van der Waals surface area contributed by atoms with Crippen LogP contribution in [0.1, 0.15) is 29.0 Å². The lowest BCUT2D eigenvalue weighted by atomic mass is 9.83. The van der Waals surface area contributed by atoms with Gasteiger partial charge in [-0.15, -0.1) is 6.58 Å². The second-order valence-electron chi connectivity index (χ2n) is 8.09. The first-order valence-corrected chi connectivity index (χ1v) is 10.5. The fraction of sp³-hybridized carbons (Fsp3) is 0.400. The van der Waals surface area contributed by atoms with Gasteiger partial charge in [-0.1, -0.05) is 18.2 Å². The van der Waals surface area contributed by atoms with E-state index in [9.17, 15) is 9.18 Å². The molecule has 1 aliphatic heterocycles. The van der Waals surface area contributed by atoms with Crippen molar-refractivity contribution in [3.63, 3.8) is 0 Å². The third-order valence-corrected chi connectivity index (χ3v) is 5.79. The van der Waals surface area contributed by atoms with Crippen LogP contribution in [0.15, 0.2) is 49.1 Å². The van der Waals surface area contributed by atoms with Gasteiger partial charge in [0.25, 0.3) is 0 Å². The first-order chi connectivity index (χ1) is 14.9. The van der Waals surface area contributed by atoms with E-state index in [4.69, 9.17) is 9.47 Å². The molecule has 0 saturated carbocycles. The molecule has 1 amide bonds. The Kier molecular flexibility index (Phi) is 7.69. The highest BCUT2D eigenvalue weighted by Gasteiger charge is 2.32. The summed E-state index contributed by atoms with van der Waals surface area (Å²) in [6, 6.07) is 11.1. The second-order valence-corrected chi connectivity index (χ2v) is 8.09. The molecule has 0 bridgehead atoms. The summed E-state index contributed by atoms with van der Waals surface area (Å²) in [6.07, 6.45) is 2.41. The maximum absolute atomic E-state index is 13.8. The van der Waals surface area contributed by atoms with Crippen molar-refractivity contribution < 1.29 is 18.7 Å². The number of ether oxygens (including phenoxy) is 2. The molecule has 2 aromatic carbocycles. The Balaban J connectivity index is 1.85. The molecule has 3 rings (SSSR count). The van der Waals surface area contributed by atoms with Crippen LogP contribution in [0.2, 0.25) is 0 Å². The number of hydrogen-bond acceptors (Lipinski definition) is 4. The Morgan fingerprint density at radius 3 is 2.52 bits per heavy atom. The van der Waals surface area contributed by atoms with Crippen molar-refractivity contribution >= 4 is 5.91 Å². The summed E-state index contributed by atoms with van der Waals surface area (Å²) < 4.78 is 24.6. The summed E-state index contributed by atoms with van der Waals surface area (Å²) >= 11 is 0. The van der Waals surface area contributed by atoms with E-state index in [0.29, 0.717) is 25.2 Å². The molecule has 0 aliphatic carbocycles. The molecule has 5 nitrogen and oxygen atoms in total. The molecular weight excluding hydrogens is 395 g/mol. The number of halogens is 1. The molecule has 1 heterocycles. The second kappa shape index (κ2) is 10.4. The minimum absolute atomic E-state index is 0.0247. The smallest absolute Gasteiger partial charge is 0.224 e. The molecular formula is C25H31FN2O3. The summed E-state index contributed by atoms with van der Waals surface area (Å²) in [4.78, 5) is 15.0. The minimum atomic E-state index is -0.208. The van der Waals surface area contributed by atoms with Crippen molar-refractivity contribution in [3.8, 4) is 11.5 Å². The Labute approximate surface area is 183 Å². The number of aryl methyl sites for hydroxylation is 1. The summed E-state index contributed by atoms with van der Waals surface area (Å²) in [5.74, 6) is 1.27. The van der Waals surface area contributed by atoms with E-state index in [1.54, 1.807) is 27.2 Å². The summed E-state index contributed by atoms with van der Waals surface area (Å²) in [6.45, 7) is 8.00. The monoisotopic (exact) mass is 426 g/mol. The van der Waals surface area contributed by atoms with Crippen LogP contribution >= 0.6 is 0 Å². The van der Waals surface area contributed by atoms with E-state index in [1.165, 1.54) is 6.07 Å². The molecule has 1 saturated heterocycles. The number of benzene rings is 2. The predicted molar refractivity (Wildman–Crippen MR) is 120 cm³/mol. The number of nitrogens with zero attached hydrogens (tertiary/aromatic N) is 1. The number of likely N-dealkylation sites (tertiary alicyclic amines) is 1. The number of piperidine rings is 1. The van der Waals surface area contributed by atoms with Crippen molar-refractivity contribution in [2.24, 2.45) is 5.92 Å². The lowest BCUT2D eigenvalue weighted by Crippen LogP contribution is -2.45. The fourth-order valence-electron chi connectivity index (χ4n) is 4.21. The minimum Gasteiger partial charge on any atom is -0.497 e. The molecule has 166 valence electrons. The van der Waals surface area contributed by atoms with Crippen molar-refractivity contribution in [2.45, 2.75) is 25.8 Å². The van der Waals surface area contributed by atoms with Crippen molar-refractivity contribution in [1.29, 1.82) is 0 Å². The van der Waals surface area contributed by atoms with Crippen LogP contribution < -0.4 is 14.8 Å². The van der Waals surface area contributed by atoms with Crippen LogP contribution in [0.5, 0.6) is 11.5 Å². The topological polar surface area (TPSA) is 50.8 Å².